The van der Waals surface area contributed by atoms with Gasteiger partial charge in [0.2, 0.25) is 0 Å². The lowest BCUT2D eigenvalue weighted by Crippen LogP contribution is -2.12. The monoisotopic (exact) mass is 274 g/mol. The van der Waals surface area contributed by atoms with Gasteiger partial charge in [-0.3, -0.25) is 9.59 Å². The highest BCUT2D eigenvalue weighted by molar-refractivity contribution is 8.00. The van der Waals surface area contributed by atoms with Crippen LogP contribution in [-0.4, -0.2) is 24.1 Å². The highest BCUT2D eigenvalue weighted by Crippen LogP contribution is 2.22. The topological polar surface area (TPSA) is 43.4 Å². The first-order valence-corrected chi connectivity index (χ1v) is 6.26. The molecule has 0 aliphatic carbocycles. The summed E-state index contributed by atoms with van der Waals surface area (Å²) >= 11 is 0.857. The first kappa shape index (κ1) is 14.6. The molecule has 0 radical (unpaired) electrons. The molecular formula is C12H12F2O3S. The van der Waals surface area contributed by atoms with Crippen LogP contribution in [0, 0.1) is 11.6 Å². The Balaban J connectivity index is 2.47. The second-order valence-electron chi connectivity index (χ2n) is 3.38. The molecule has 0 aliphatic rings. The van der Waals surface area contributed by atoms with E-state index in [1.54, 1.807) is 6.92 Å². The fraction of sp³-hybridized carbons (Fsp3) is 0.333. The second-order valence-corrected chi connectivity index (χ2v) is 4.40. The van der Waals surface area contributed by atoms with Gasteiger partial charge < -0.3 is 4.74 Å². The number of halogens is 2. The maximum atomic E-state index is 13.2. The summed E-state index contributed by atoms with van der Waals surface area (Å²) < 4.78 is 30.7. The van der Waals surface area contributed by atoms with E-state index in [2.05, 4.69) is 4.74 Å². The standard InChI is InChI=1S/C12H12F2O3S/c1-2-17-12(16)6-9(15)7-18-11-5-8(13)3-4-10(11)14/h3-5H,2,6-7H2,1H3. The number of ketones is 1. The van der Waals surface area contributed by atoms with Crippen molar-refractivity contribution in [2.75, 3.05) is 12.4 Å². The molecule has 0 N–H and O–H groups in total. The van der Waals surface area contributed by atoms with Crippen LogP contribution >= 0.6 is 11.8 Å². The summed E-state index contributed by atoms with van der Waals surface area (Å²) in [5.41, 5.74) is 0. The number of hydrogen-bond acceptors (Lipinski definition) is 4. The molecule has 1 rings (SSSR count). The highest BCUT2D eigenvalue weighted by atomic mass is 32.2. The van der Waals surface area contributed by atoms with Crippen LogP contribution in [0.2, 0.25) is 0 Å². The van der Waals surface area contributed by atoms with Crippen LogP contribution in [0.1, 0.15) is 13.3 Å². The van der Waals surface area contributed by atoms with Gasteiger partial charge in [-0.1, -0.05) is 0 Å². The lowest BCUT2D eigenvalue weighted by atomic mass is 10.3. The molecule has 0 saturated carbocycles. The van der Waals surface area contributed by atoms with E-state index in [4.69, 9.17) is 0 Å². The summed E-state index contributed by atoms with van der Waals surface area (Å²) in [5.74, 6) is -2.26. The lowest BCUT2D eigenvalue weighted by Gasteiger charge is -2.03. The summed E-state index contributed by atoms with van der Waals surface area (Å²) in [7, 11) is 0. The van der Waals surface area contributed by atoms with Gasteiger partial charge >= 0.3 is 5.97 Å². The predicted octanol–water partition coefficient (Wildman–Crippen LogP) is 2.58. The number of rotatable bonds is 6. The van der Waals surface area contributed by atoms with E-state index < -0.39 is 17.6 Å². The molecule has 0 aliphatic heterocycles. The van der Waals surface area contributed by atoms with Crippen LogP contribution in [0.15, 0.2) is 23.1 Å². The minimum atomic E-state index is -0.609. The van der Waals surface area contributed by atoms with Crippen molar-refractivity contribution in [2.24, 2.45) is 0 Å². The molecular weight excluding hydrogens is 262 g/mol. The van der Waals surface area contributed by atoms with Gasteiger partial charge in [-0.2, -0.15) is 0 Å². The number of Topliss-reactive ketones (excluding diaryl/α,β-unsaturated/α-hetero) is 1. The third-order valence-electron chi connectivity index (χ3n) is 1.93. The van der Waals surface area contributed by atoms with Crippen LogP contribution in [0.4, 0.5) is 8.78 Å². The maximum absolute atomic E-state index is 13.2. The van der Waals surface area contributed by atoms with Crippen LogP contribution in [0.5, 0.6) is 0 Å². The van der Waals surface area contributed by atoms with Crippen molar-refractivity contribution in [3.05, 3.63) is 29.8 Å². The van der Waals surface area contributed by atoms with Crippen LogP contribution in [0.25, 0.3) is 0 Å². The molecule has 0 spiro atoms. The van der Waals surface area contributed by atoms with E-state index in [0.29, 0.717) is 0 Å². The van der Waals surface area contributed by atoms with Crippen molar-refractivity contribution in [3.8, 4) is 0 Å². The molecule has 0 heterocycles. The molecule has 0 unspecified atom stereocenters. The van der Waals surface area contributed by atoms with Crippen molar-refractivity contribution < 1.29 is 23.1 Å². The fourth-order valence-electron chi connectivity index (χ4n) is 1.17. The van der Waals surface area contributed by atoms with Gasteiger partial charge in [0, 0.05) is 4.90 Å². The van der Waals surface area contributed by atoms with Gasteiger partial charge in [0.25, 0.3) is 0 Å². The number of thioether (sulfide) groups is 1. The van der Waals surface area contributed by atoms with E-state index in [1.165, 1.54) is 0 Å². The number of carbonyl (C=O) groups excluding carboxylic acids is 2. The Morgan fingerprint density at radius 2 is 2.06 bits per heavy atom. The van der Waals surface area contributed by atoms with Gasteiger partial charge in [-0.25, -0.2) is 8.78 Å². The zero-order chi connectivity index (χ0) is 13.5. The maximum Gasteiger partial charge on any atom is 0.313 e. The molecule has 6 heteroatoms. The SMILES string of the molecule is CCOC(=O)CC(=O)CSc1cc(F)ccc1F. The van der Waals surface area contributed by atoms with Gasteiger partial charge in [0.15, 0.2) is 5.78 Å². The molecule has 0 fully saturated rings. The number of hydrogen-bond donors (Lipinski definition) is 0. The van der Waals surface area contributed by atoms with Gasteiger partial charge in [-0.05, 0) is 25.1 Å². The number of benzene rings is 1. The smallest absolute Gasteiger partial charge is 0.313 e. The Bertz CT molecular complexity index is 449. The van der Waals surface area contributed by atoms with Crippen molar-refractivity contribution in [1.29, 1.82) is 0 Å². The number of esters is 1. The van der Waals surface area contributed by atoms with E-state index in [0.717, 1.165) is 30.0 Å². The van der Waals surface area contributed by atoms with Crippen molar-refractivity contribution >= 4 is 23.5 Å². The Morgan fingerprint density at radius 3 is 2.72 bits per heavy atom. The average Bonchev–Trinajstić information content (AvgIpc) is 2.30. The van der Waals surface area contributed by atoms with Crippen LogP contribution < -0.4 is 0 Å². The Hall–Kier alpha value is -1.43. The van der Waals surface area contributed by atoms with E-state index in [9.17, 15) is 18.4 Å². The molecule has 0 amide bonds. The molecule has 0 atom stereocenters. The molecule has 0 saturated heterocycles. The van der Waals surface area contributed by atoms with Crippen molar-refractivity contribution in [3.63, 3.8) is 0 Å². The van der Waals surface area contributed by atoms with E-state index in [1.807, 2.05) is 0 Å². The molecule has 98 valence electrons. The Labute approximate surface area is 108 Å². The van der Waals surface area contributed by atoms with Gasteiger partial charge in [0.1, 0.15) is 18.1 Å². The summed E-state index contributed by atoms with van der Waals surface area (Å²) in [6, 6.07) is 3.00. The summed E-state index contributed by atoms with van der Waals surface area (Å²) in [6.45, 7) is 1.84. The molecule has 0 bridgehead atoms. The van der Waals surface area contributed by atoms with Crippen LogP contribution in [0.3, 0.4) is 0 Å². The molecule has 1 aromatic rings. The zero-order valence-electron chi connectivity index (χ0n) is 9.74. The quantitative estimate of drug-likeness (QED) is 0.454. The third kappa shape index (κ3) is 4.83. The normalized spacial score (nSPS) is 10.2. The van der Waals surface area contributed by atoms with Crippen LogP contribution in [-0.2, 0) is 14.3 Å². The van der Waals surface area contributed by atoms with Gasteiger partial charge in [-0.15, -0.1) is 11.8 Å². The molecule has 1 aromatic carbocycles. The number of ether oxygens (including phenoxy) is 1. The van der Waals surface area contributed by atoms with Crippen molar-refractivity contribution in [2.45, 2.75) is 18.2 Å². The summed E-state index contributed by atoms with van der Waals surface area (Å²) in [6.07, 6.45) is -0.349. The van der Waals surface area contributed by atoms with Crippen molar-refractivity contribution in [1.82, 2.24) is 0 Å². The Morgan fingerprint density at radius 1 is 1.33 bits per heavy atom. The first-order chi connectivity index (χ1) is 8.52. The summed E-state index contributed by atoms with van der Waals surface area (Å²) in [5, 5.41) is 0. The Kier molecular flexibility index (Phi) is 5.77. The first-order valence-electron chi connectivity index (χ1n) is 5.28. The zero-order valence-corrected chi connectivity index (χ0v) is 10.6. The largest absolute Gasteiger partial charge is 0.466 e. The molecule has 3 nitrogen and oxygen atoms in total. The minimum absolute atomic E-state index is 0.0483. The van der Waals surface area contributed by atoms with E-state index in [-0.39, 0.29) is 29.5 Å². The second kappa shape index (κ2) is 7.10. The average molecular weight is 274 g/mol. The van der Waals surface area contributed by atoms with Gasteiger partial charge in [0.05, 0.1) is 12.4 Å². The fourth-order valence-corrected chi connectivity index (χ4v) is 1.99. The highest BCUT2D eigenvalue weighted by Gasteiger charge is 2.12. The predicted molar refractivity (Wildman–Crippen MR) is 63.3 cm³/mol. The minimum Gasteiger partial charge on any atom is -0.466 e. The molecule has 18 heavy (non-hydrogen) atoms. The number of carbonyl (C=O) groups is 2. The summed E-state index contributed by atoms with van der Waals surface area (Å²) in [4.78, 5) is 22.4. The third-order valence-corrected chi connectivity index (χ3v) is 3.02. The van der Waals surface area contributed by atoms with E-state index >= 15 is 0 Å². The lowest BCUT2D eigenvalue weighted by molar-refractivity contribution is -0.145. The molecule has 0 aromatic heterocycles.